The fourth-order valence-electron chi connectivity index (χ4n) is 1.89. The molecule has 0 N–H and O–H groups in total. The fraction of sp³-hybridized carbons (Fsp3) is 0.0667. The largest absolute Gasteiger partial charge is 0.292 e. The lowest BCUT2D eigenvalue weighted by molar-refractivity contribution is 0.0978. The molecule has 0 aliphatic carbocycles. The van der Waals surface area contributed by atoms with Crippen molar-refractivity contribution in [3.63, 3.8) is 0 Å². The monoisotopic (exact) mass is 433 g/mol. The number of carbonyl (C=O) groups excluding carboxylic acids is 1. The van der Waals surface area contributed by atoms with E-state index in [1.165, 1.54) is 18.2 Å². The molecule has 21 heavy (non-hydrogen) atoms. The second kappa shape index (κ2) is 6.73. The molecular formula is C15H7Cl2FINO. The average molecular weight is 434 g/mol. The minimum absolute atomic E-state index is 0.250. The van der Waals surface area contributed by atoms with Crippen LogP contribution in [0.3, 0.4) is 0 Å². The lowest BCUT2D eigenvalue weighted by Gasteiger charge is -2.13. The number of rotatable bonds is 3. The van der Waals surface area contributed by atoms with Crippen LogP contribution in [-0.2, 0) is 0 Å². The van der Waals surface area contributed by atoms with Crippen LogP contribution in [0.5, 0.6) is 0 Å². The highest BCUT2D eigenvalue weighted by atomic mass is 127. The van der Waals surface area contributed by atoms with E-state index in [0.29, 0.717) is 3.57 Å². The van der Waals surface area contributed by atoms with Crippen LogP contribution in [0.2, 0.25) is 10.0 Å². The number of halogens is 4. The van der Waals surface area contributed by atoms with Gasteiger partial charge in [0.05, 0.1) is 6.07 Å². The molecule has 2 aromatic rings. The maximum atomic E-state index is 13.1. The van der Waals surface area contributed by atoms with E-state index < -0.39 is 17.5 Å². The van der Waals surface area contributed by atoms with Gasteiger partial charge in [-0.3, -0.25) is 4.79 Å². The first-order valence-corrected chi connectivity index (χ1v) is 7.62. The number of nitriles is 1. The van der Waals surface area contributed by atoms with Gasteiger partial charge in [0.2, 0.25) is 0 Å². The van der Waals surface area contributed by atoms with E-state index in [4.69, 9.17) is 23.2 Å². The molecule has 0 spiro atoms. The van der Waals surface area contributed by atoms with E-state index in [2.05, 4.69) is 0 Å². The van der Waals surface area contributed by atoms with Crippen LogP contribution in [-0.4, -0.2) is 5.78 Å². The van der Waals surface area contributed by atoms with Crippen molar-refractivity contribution < 1.29 is 9.18 Å². The van der Waals surface area contributed by atoms with Gasteiger partial charge in [-0.05, 0) is 52.9 Å². The molecule has 2 nitrogen and oxygen atoms in total. The van der Waals surface area contributed by atoms with E-state index >= 15 is 0 Å². The molecule has 0 aliphatic rings. The zero-order chi connectivity index (χ0) is 15.6. The second-order valence-corrected chi connectivity index (χ2v) is 6.16. The van der Waals surface area contributed by atoms with Crippen molar-refractivity contribution in [2.24, 2.45) is 0 Å². The van der Waals surface area contributed by atoms with Crippen LogP contribution in [0, 0.1) is 20.7 Å². The number of Topliss-reactive ketones (excluding diaryl/α,β-unsaturated/α-hetero) is 1. The number of carbonyl (C=O) groups is 1. The molecular weight excluding hydrogens is 427 g/mol. The molecule has 6 heteroatoms. The molecule has 0 heterocycles. The number of hydrogen-bond donors (Lipinski definition) is 0. The Balaban J connectivity index is 2.52. The van der Waals surface area contributed by atoms with Gasteiger partial charge in [-0.1, -0.05) is 29.3 Å². The molecule has 0 bridgehead atoms. The third-order valence-corrected chi connectivity index (χ3v) is 4.43. The minimum atomic E-state index is -1.13. The summed E-state index contributed by atoms with van der Waals surface area (Å²) in [4.78, 5) is 12.5. The first-order chi connectivity index (χ1) is 9.95. The summed E-state index contributed by atoms with van der Waals surface area (Å²) < 4.78 is 13.6. The molecule has 2 rings (SSSR count). The predicted molar refractivity (Wildman–Crippen MR) is 88.3 cm³/mol. The van der Waals surface area contributed by atoms with Crippen LogP contribution >= 0.6 is 45.8 Å². The Kier molecular flexibility index (Phi) is 5.20. The molecule has 0 fully saturated rings. The van der Waals surface area contributed by atoms with E-state index in [-0.39, 0.29) is 21.2 Å². The number of ketones is 1. The Bertz CT molecular complexity index is 738. The predicted octanol–water partition coefficient (Wildman–Crippen LogP) is 5.23. The van der Waals surface area contributed by atoms with Crippen molar-refractivity contribution in [1.29, 1.82) is 5.26 Å². The molecule has 0 amide bonds. The molecule has 1 atom stereocenters. The third kappa shape index (κ3) is 3.37. The Morgan fingerprint density at radius 1 is 1.24 bits per heavy atom. The lowest BCUT2D eigenvalue weighted by Crippen LogP contribution is -2.14. The molecule has 106 valence electrons. The second-order valence-electron chi connectivity index (χ2n) is 4.19. The Labute approximate surface area is 144 Å². The normalized spacial score (nSPS) is 11.8. The van der Waals surface area contributed by atoms with E-state index in [1.807, 2.05) is 28.7 Å². The van der Waals surface area contributed by atoms with Crippen molar-refractivity contribution in [1.82, 2.24) is 0 Å². The van der Waals surface area contributed by atoms with Gasteiger partial charge in [0.25, 0.3) is 0 Å². The summed E-state index contributed by atoms with van der Waals surface area (Å²) in [5.74, 6) is -2.04. The van der Waals surface area contributed by atoms with E-state index in [0.717, 1.165) is 0 Å². The molecule has 1 unspecified atom stereocenters. The summed E-state index contributed by atoms with van der Waals surface area (Å²) in [5.41, 5.74) is 0.535. The number of hydrogen-bond acceptors (Lipinski definition) is 2. The zero-order valence-electron chi connectivity index (χ0n) is 10.4. The summed E-state index contributed by atoms with van der Waals surface area (Å²) in [6, 6.07) is 10.5. The van der Waals surface area contributed by atoms with Gasteiger partial charge < -0.3 is 0 Å². The van der Waals surface area contributed by atoms with Gasteiger partial charge in [-0.25, -0.2) is 4.39 Å². The average Bonchev–Trinajstić information content (AvgIpc) is 2.42. The van der Waals surface area contributed by atoms with Crippen molar-refractivity contribution >= 4 is 51.6 Å². The van der Waals surface area contributed by atoms with Crippen molar-refractivity contribution in [3.8, 4) is 6.07 Å². The Morgan fingerprint density at radius 2 is 1.86 bits per heavy atom. The van der Waals surface area contributed by atoms with Crippen LogP contribution in [0.1, 0.15) is 21.8 Å². The van der Waals surface area contributed by atoms with E-state index in [1.54, 1.807) is 18.2 Å². The topological polar surface area (TPSA) is 40.9 Å². The Morgan fingerprint density at radius 3 is 2.38 bits per heavy atom. The SMILES string of the molecule is N#CC(C(=O)c1ccc(F)cc1I)c1c(Cl)cccc1Cl. The van der Waals surface area contributed by atoms with Gasteiger partial charge in [0.15, 0.2) is 5.78 Å². The highest BCUT2D eigenvalue weighted by Gasteiger charge is 2.27. The standard InChI is InChI=1S/C15H7Cl2FINO/c16-11-2-1-3-12(17)14(11)10(7-20)15(21)9-5-4-8(18)6-13(9)19/h1-6,10H. The Hall–Kier alpha value is -1.16. The quantitative estimate of drug-likeness (QED) is 0.491. The highest BCUT2D eigenvalue weighted by molar-refractivity contribution is 14.1. The van der Waals surface area contributed by atoms with Gasteiger partial charge in [0.1, 0.15) is 11.7 Å². The zero-order valence-corrected chi connectivity index (χ0v) is 14.1. The smallest absolute Gasteiger partial charge is 0.185 e. The third-order valence-electron chi connectivity index (χ3n) is 2.88. The fourth-order valence-corrected chi connectivity index (χ4v) is 3.24. The first-order valence-electron chi connectivity index (χ1n) is 5.78. The molecule has 2 aromatic carbocycles. The van der Waals surface area contributed by atoms with Crippen LogP contribution in [0.25, 0.3) is 0 Å². The van der Waals surface area contributed by atoms with Crippen molar-refractivity contribution in [3.05, 3.63) is 67.0 Å². The highest BCUT2D eigenvalue weighted by Crippen LogP contribution is 2.34. The summed E-state index contributed by atoms with van der Waals surface area (Å²) in [5, 5.41) is 9.84. The van der Waals surface area contributed by atoms with Gasteiger partial charge in [-0.2, -0.15) is 5.26 Å². The van der Waals surface area contributed by atoms with Gasteiger partial charge >= 0.3 is 0 Å². The van der Waals surface area contributed by atoms with Crippen LogP contribution < -0.4 is 0 Å². The van der Waals surface area contributed by atoms with Crippen LogP contribution in [0.4, 0.5) is 4.39 Å². The molecule has 0 radical (unpaired) electrons. The van der Waals surface area contributed by atoms with Gasteiger partial charge in [-0.15, -0.1) is 0 Å². The first kappa shape index (κ1) is 16.2. The lowest BCUT2D eigenvalue weighted by atomic mass is 9.91. The number of benzene rings is 2. The summed E-state index contributed by atoms with van der Waals surface area (Å²) in [7, 11) is 0. The molecule has 0 saturated heterocycles. The summed E-state index contributed by atoms with van der Waals surface area (Å²) >= 11 is 14.0. The maximum Gasteiger partial charge on any atom is 0.185 e. The molecule has 0 aliphatic heterocycles. The number of nitrogens with zero attached hydrogens (tertiary/aromatic N) is 1. The van der Waals surface area contributed by atoms with Crippen molar-refractivity contribution in [2.45, 2.75) is 5.92 Å². The molecule has 0 aromatic heterocycles. The van der Waals surface area contributed by atoms with Crippen molar-refractivity contribution in [2.75, 3.05) is 0 Å². The van der Waals surface area contributed by atoms with E-state index in [9.17, 15) is 14.4 Å². The van der Waals surface area contributed by atoms with Gasteiger partial charge in [0, 0.05) is 24.7 Å². The molecule has 0 saturated carbocycles. The van der Waals surface area contributed by atoms with Crippen LogP contribution in [0.15, 0.2) is 36.4 Å². The summed E-state index contributed by atoms with van der Waals surface area (Å²) in [6.45, 7) is 0. The summed E-state index contributed by atoms with van der Waals surface area (Å²) in [6.07, 6.45) is 0. The minimum Gasteiger partial charge on any atom is -0.292 e. The maximum absolute atomic E-state index is 13.1.